The first kappa shape index (κ1) is 25.7. The van der Waals surface area contributed by atoms with Crippen molar-refractivity contribution in [2.45, 2.75) is 40.2 Å². The molecule has 184 valence electrons. The highest BCUT2D eigenvalue weighted by molar-refractivity contribution is 5.79. The monoisotopic (exact) mass is 476 g/mol. The number of carbonyl (C=O) groups excluding carboxylic acids is 2. The first-order valence-corrected chi connectivity index (χ1v) is 11.8. The Balaban J connectivity index is 1.63. The van der Waals surface area contributed by atoms with Gasteiger partial charge in [-0.25, -0.2) is 4.79 Å². The third kappa shape index (κ3) is 8.45. The van der Waals surface area contributed by atoms with Crippen LogP contribution in [0.4, 0.5) is 4.79 Å². The minimum Gasteiger partial charge on any atom is -0.493 e. The van der Waals surface area contributed by atoms with Crippen molar-refractivity contribution in [3.63, 3.8) is 0 Å². The molecule has 7 nitrogen and oxygen atoms in total. The number of hydrogen-bond acceptors (Lipinski definition) is 6. The Hall–Kier alpha value is -3.87. The summed E-state index contributed by atoms with van der Waals surface area (Å²) in [5.41, 5.74) is 4.03. The van der Waals surface area contributed by atoms with Crippen LogP contribution in [0.15, 0.2) is 66.9 Å². The topological polar surface area (TPSA) is 78.0 Å². The zero-order valence-electron chi connectivity index (χ0n) is 20.5. The fourth-order valence-electron chi connectivity index (χ4n) is 3.36. The molecule has 0 aliphatic heterocycles. The molecule has 0 saturated heterocycles. The van der Waals surface area contributed by atoms with Crippen LogP contribution >= 0.6 is 0 Å². The molecule has 7 heteroatoms. The highest BCUT2D eigenvalue weighted by Gasteiger charge is 2.21. The molecule has 0 N–H and O–H groups in total. The predicted octanol–water partition coefficient (Wildman–Crippen LogP) is 5.14. The Kier molecular flexibility index (Phi) is 9.66. The number of aromatic nitrogens is 1. The van der Waals surface area contributed by atoms with E-state index in [1.165, 1.54) is 10.5 Å². The molecule has 0 bridgehead atoms. The highest BCUT2D eigenvalue weighted by Crippen LogP contribution is 2.18. The van der Waals surface area contributed by atoms with Gasteiger partial charge in [0.2, 0.25) is 0 Å². The minimum absolute atomic E-state index is 0.167. The lowest BCUT2D eigenvalue weighted by atomic mass is 10.2. The SMILES string of the molecule is CCOC(=O)CN(Cc1cccc(OCCc2ccc(CC)cn2)c1)C(=O)Oc1ccc(C)cc1. The summed E-state index contributed by atoms with van der Waals surface area (Å²) in [5, 5.41) is 0. The van der Waals surface area contributed by atoms with E-state index in [1.54, 1.807) is 19.1 Å². The molecular formula is C28H32N2O5. The van der Waals surface area contributed by atoms with E-state index < -0.39 is 12.1 Å². The lowest BCUT2D eigenvalue weighted by molar-refractivity contribution is -0.144. The van der Waals surface area contributed by atoms with E-state index >= 15 is 0 Å². The van der Waals surface area contributed by atoms with Gasteiger partial charge in [-0.2, -0.15) is 0 Å². The molecular weight excluding hydrogens is 444 g/mol. The van der Waals surface area contributed by atoms with Gasteiger partial charge >= 0.3 is 12.1 Å². The number of amides is 1. The fraction of sp³-hybridized carbons (Fsp3) is 0.321. The summed E-state index contributed by atoms with van der Waals surface area (Å²) in [7, 11) is 0. The molecule has 3 rings (SSSR count). The Bertz CT molecular complexity index is 1100. The molecule has 1 amide bonds. The number of hydrogen-bond donors (Lipinski definition) is 0. The Morgan fingerprint density at radius 3 is 2.43 bits per heavy atom. The van der Waals surface area contributed by atoms with Gasteiger partial charge in [-0.3, -0.25) is 14.7 Å². The molecule has 0 fully saturated rings. The second-order valence-corrected chi connectivity index (χ2v) is 8.10. The van der Waals surface area contributed by atoms with Crippen molar-refractivity contribution in [2.24, 2.45) is 0 Å². The average Bonchev–Trinajstić information content (AvgIpc) is 2.86. The molecule has 0 unspecified atom stereocenters. The van der Waals surface area contributed by atoms with Crippen LogP contribution in [0.3, 0.4) is 0 Å². The predicted molar refractivity (Wildman–Crippen MR) is 134 cm³/mol. The van der Waals surface area contributed by atoms with Crippen molar-refractivity contribution < 1.29 is 23.8 Å². The number of ether oxygens (including phenoxy) is 3. The van der Waals surface area contributed by atoms with E-state index in [4.69, 9.17) is 14.2 Å². The van der Waals surface area contributed by atoms with Gasteiger partial charge < -0.3 is 14.2 Å². The van der Waals surface area contributed by atoms with E-state index in [0.717, 1.165) is 23.2 Å². The summed E-state index contributed by atoms with van der Waals surface area (Å²) in [6, 6.07) is 18.7. The van der Waals surface area contributed by atoms with Crippen LogP contribution in [-0.2, 0) is 28.9 Å². The fourth-order valence-corrected chi connectivity index (χ4v) is 3.36. The average molecular weight is 477 g/mol. The summed E-state index contributed by atoms with van der Waals surface area (Å²) < 4.78 is 16.4. The minimum atomic E-state index is -0.630. The largest absolute Gasteiger partial charge is 0.493 e. The molecule has 0 aliphatic carbocycles. The summed E-state index contributed by atoms with van der Waals surface area (Å²) in [6.07, 6.45) is 2.91. The maximum absolute atomic E-state index is 12.9. The van der Waals surface area contributed by atoms with E-state index in [9.17, 15) is 9.59 Å². The molecule has 0 saturated carbocycles. The maximum atomic E-state index is 12.9. The number of pyridine rings is 1. The molecule has 3 aromatic rings. The highest BCUT2D eigenvalue weighted by atomic mass is 16.6. The number of esters is 1. The van der Waals surface area contributed by atoms with Crippen molar-refractivity contribution in [3.05, 3.63) is 89.2 Å². The van der Waals surface area contributed by atoms with Crippen LogP contribution in [0.25, 0.3) is 0 Å². The lowest BCUT2D eigenvalue weighted by Gasteiger charge is -2.21. The van der Waals surface area contributed by atoms with Crippen molar-refractivity contribution >= 4 is 12.1 Å². The van der Waals surface area contributed by atoms with E-state index in [1.807, 2.05) is 55.6 Å². The van der Waals surface area contributed by atoms with Crippen LogP contribution < -0.4 is 9.47 Å². The molecule has 1 heterocycles. The van der Waals surface area contributed by atoms with E-state index in [0.29, 0.717) is 24.5 Å². The van der Waals surface area contributed by atoms with Gasteiger partial charge in [0.1, 0.15) is 18.0 Å². The lowest BCUT2D eigenvalue weighted by Crippen LogP contribution is -2.38. The number of rotatable bonds is 11. The summed E-state index contributed by atoms with van der Waals surface area (Å²) in [5.74, 6) is 0.588. The normalized spacial score (nSPS) is 10.5. The molecule has 1 aromatic heterocycles. The van der Waals surface area contributed by atoms with Gasteiger partial charge in [-0.05, 0) is 61.7 Å². The molecule has 0 spiro atoms. The van der Waals surface area contributed by atoms with E-state index in [2.05, 4.69) is 18.0 Å². The molecule has 0 aliphatic rings. The van der Waals surface area contributed by atoms with Crippen molar-refractivity contribution in [3.8, 4) is 11.5 Å². The third-order valence-electron chi connectivity index (χ3n) is 5.30. The van der Waals surface area contributed by atoms with Crippen molar-refractivity contribution in [1.29, 1.82) is 0 Å². The zero-order chi connectivity index (χ0) is 25.0. The zero-order valence-corrected chi connectivity index (χ0v) is 20.5. The van der Waals surface area contributed by atoms with Crippen LogP contribution in [-0.4, -0.2) is 41.7 Å². The first-order chi connectivity index (χ1) is 17.0. The van der Waals surface area contributed by atoms with Gasteiger partial charge in [0.05, 0.1) is 13.2 Å². The summed E-state index contributed by atoms with van der Waals surface area (Å²) >= 11 is 0. The van der Waals surface area contributed by atoms with Crippen LogP contribution in [0.1, 0.15) is 36.2 Å². The molecule has 35 heavy (non-hydrogen) atoms. The Morgan fingerprint density at radius 1 is 0.943 bits per heavy atom. The van der Waals surface area contributed by atoms with Crippen molar-refractivity contribution in [1.82, 2.24) is 9.88 Å². The molecule has 0 atom stereocenters. The number of carbonyl (C=O) groups is 2. The molecule has 2 aromatic carbocycles. The number of benzene rings is 2. The van der Waals surface area contributed by atoms with Gasteiger partial charge in [-0.1, -0.05) is 42.8 Å². The van der Waals surface area contributed by atoms with Crippen LogP contribution in [0, 0.1) is 6.92 Å². The van der Waals surface area contributed by atoms with Crippen molar-refractivity contribution in [2.75, 3.05) is 19.8 Å². The van der Waals surface area contributed by atoms with Crippen LogP contribution in [0.5, 0.6) is 11.5 Å². The van der Waals surface area contributed by atoms with Gasteiger partial charge in [0.15, 0.2) is 0 Å². The third-order valence-corrected chi connectivity index (χ3v) is 5.30. The maximum Gasteiger partial charge on any atom is 0.416 e. The van der Waals surface area contributed by atoms with Crippen LogP contribution in [0.2, 0.25) is 0 Å². The Morgan fingerprint density at radius 2 is 1.74 bits per heavy atom. The summed E-state index contributed by atoms with van der Waals surface area (Å²) in [6.45, 7) is 6.43. The Labute approximate surface area is 206 Å². The second-order valence-electron chi connectivity index (χ2n) is 8.10. The number of aryl methyl sites for hydroxylation is 2. The van der Waals surface area contributed by atoms with E-state index in [-0.39, 0.29) is 19.7 Å². The quantitative estimate of drug-likeness (QED) is 0.357. The second kappa shape index (κ2) is 13.1. The standard InChI is InChI=1S/C28H32N2O5/c1-4-22-11-12-24(29-18-22)15-16-34-26-8-6-7-23(17-26)19-30(20-27(31)33-5-2)28(32)35-25-13-9-21(3)10-14-25/h6-14,17-18H,4-5,15-16,19-20H2,1-3H3. The summed E-state index contributed by atoms with van der Waals surface area (Å²) in [4.78, 5) is 30.8. The number of nitrogens with zero attached hydrogens (tertiary/aromatic N) is 2. The smallest absolute Gasteiger partial charge is 0.416 e. The molecule has 0 radical (unpaired) electrons. The first-order valence-electron chi connectivity index (χ1n) is 11.8. The van der Waals surface area contributed by atoms with Gasteiger partial charge in [0.25, 0.3) is 0 Å². The van der Waals surface area contributed by atoms with Gasteiger partial charge in [0, 0.05) is 24.9 Å². The van der Waals surface area contributed by atoms with Gasteiger partial charge in [-0.15, -0.1) is 0 Å².